The molecule has 1 aliphatic heterocycles. The monoisotopic (exact) mass is 335 g/mol. The van der Waals surface area contributed by atoms with Gasteiger partial charge in [-0.3, -0.25) is 4.79 Å². The number of piperazine rings is 1. The predicted molar refractivity (Wildman–Crippen MR) is 91.0 cm³/mol. The lowest BCUT2D eigenvalue weighted by molar-refractivity contribution is -0.117. The molecule has 1 fully saturated rings. The fourth-order valence-electron chi connectivity index (χ4n) is 2.60. The molecule has 7 heteroatoms. The van der Waals surface area contributed by atoms with Gasteiger partial charge in [0.1, 0.15) is 11.4 Å². The SMILES string of the molecule is CC(C)(C)OC(=O)N1CCN(c2ccc(CC(N)=O)cc2O)CC1. The van der Waals surface area contributed by atoms with Crippen LogP contribution in [0.2, 0.25) is 0 Å². The lowest BCUT2D eigenvalue weighted by Crippen LogP contribution is -2.50. The maximum Gasteiger partial charge on any atom is 0.410 e. The van der Waals surface area contributed by atoms with E-state index in [-0.39, 0.29) is 18.3 Å². The molecule has 0 spiro atoms. The zero-order valence-corrected chi connectivity index (χ0v) is 14.4. The van der Waals surface area contributed by atoms with Crippen LogP contribution in [0, 0.1) is 0 Å². The van der Waals surface area contributed by atoms with Gasteiger partial charge in [0, 0.05) is 26.2 Å². The minimum atomic E-state index is -0.511. The summed E-state index contributed by atoms with van der Waals surface area (Å²) in [4.78, 5) is 26.7. The van der Waals surface area contributed by atoms with Crippen molar-refractivity contribution in [3.8, 4) is 5.75 Å². The molecule has 24 heavy (non-hydrogen) atoms. The molecule has 0 bridgehead atoms. The van der Waals surface area contributed by atoms with E-state index < -0.39 is 11.5 Å². The Morgan fingerprint density at radius 3 is 2.33 bits per heavy atom. The van der Waals surface area contributed by atoms with E-state index in [9.17, 15) is 14.7 Å². The Morgan fingerprint density at radius 2 is 1.83 bits per heavy atom. The van der Waals surface area contributed by atoms with Crippen LogP contribution in [0.5, 0.6) is 5.75 Å². The van der Waals surface area contributed by atoms with Gasteiger partial charge in [0.25, 0.3) is 0 Å². The Bertz CT molecular complexity index is 617. The summed E-state index contributed by atoms with van der Waals surface area (Å²) in [6.07, 6.45) is -0.219. The second-order valence-corrected chi connectivity index (χ2v) is 6.92. The van der Waals surface area contributed by atoms with Crippen molar-refractivity contribution >= 4 is 17.7 Å². The molecule has 3 N–H and O–H groups in total. The summed E-state index contributed by atoms with van der Waals surface area (Å²) in [5.74, 6) is -0.326. The summed E-state index contributed by atoms with van der Waals surface area (Å²) in [6, 6.07) is 5.11. The van der Waals surface area contributed by atoms with E-state index in [0.29, 0.717) is 37.4 Å². The molecule has 1 aromatic carbocycles. The highest BCUT2D eigenvalue weighted by Crippen LogP contribution is 2.29. The second kappa shape index (κ2) is 6.98. The standard InChI is InChI=1S/C17H25N3O4/c1-17(2,3)24-16(23)20-8-6-19(7-9-20)13-5-4-12(10-14(13)21)11-15(18)22/h4-5,10,21H,6-9,11H2,1-3H3,(H2,18,22). The molecule has 1 saturated heterocycles. The summed E-state index contributed by atoms with van der Waals surface area (Å²) < 4.78 is 5.37. The van der Waals surface area contributed by atoms with Crippen LogP contribution in [0.1, 0.15) is 26.3 Å². The average Bonchev–Trinajstić information content (AvgIpc) is 2.45. The lowest BCUT2D eigenvalue weighted by Gasteiger charge is -2.37. The molecule has 0 unspecified atom stereocenters. The molecule has 0 radical (unpaired) electrons. The van der Waals surface area contributed by atoms with Gasteiger partial charge in [-0.15, -0.1) is 0 Å². The number of nitrogens with two attached hydrogens (primary N) is 1. The second-order valence-electron chi connectivity index (χ2n) is 6.92. The molecule has 1 aromatic rings. The van der Waals surface area contributed by atoms with Gasteiger partial charge in [0.15, 0.2) is 0 Å². The Balaban J connectivity index is 1.97. The topological polar surface area (TPSA) is 96.1 Å². The Hall–Kier alpha value is -2.44. The van der Waals surface area contributed by atoms with E-state index in [4.69, 9.17) is 10.5 Å². The van der Waals surface area contributed by atoms with E-state index in [1.54, 1.807) is 23.1 Å². The average molecular weight is 335 g/mol. The van der Waals surface area contributed by atoms with Gasteiger partial charge in [-0.25, -0.2) is 4.79 Å². The summed E-state index contributed by atoms with van der Waals surface area (Å²) in [5, 5.41) is 10.2. The van der Waals surface area contributed by atoms with E-state index >= 15 is 0 Å². The fourth-order valence-corrected chi connectivity index (χ4v) is 2.60. The number of rotatable bonds is 3. The van der Waals surface area contributed by atoms with E-state index in [2.05, 4.69) is 0 Å². The number of benzene rings is 1. The number of phenols is 1. The van der Waals surface area contributed by atoms with Crippen LogP contribution in [0.3, 0.4) is 0 Å². The first-order chi connectivity index (χ1) is 11.2. The van der Waals surface area contributed by atoms with Gasteiger partial charge in [-0.1, -0.05) is 6.07 Å². The number of carbonyl (C=O) groups is 2. The molecule has 2 amide bonds. The molecule has 0 aromatic heterocycles. The molecule has 1 heterocycles. The van der Waals surface area contributed by atoms with Crippen molar-refractivity contribution < 1.29 is 19.4 Å². The highest BCUT2D eigenvalue weighted by molar-refractivity contribution is 5.77. The summed E-state index contributed by atoms with van der Waals surface area (Å²) >= 11 is 0. The highest BCUT2D eigenvalue weighted by Gasteiger charge is 2.26. The molecule has 0 saturated carbocycles. The molecule has 1 aliphatic rings. The number of carbonyl (C=O) groups excluding carboxylic acids is 2. The van der Waals surface area contributed by atoms with Crippen LogP contribution in [-0.4, -0.2) is 53.8 Å². The van der Waals surface area contributed by atoms with Crippen molar-refractivity contribution in [1.29, 1.82) is 0 Å². The minimum Gasteiger partial charge on any atom is -0.506 e. The largest absolute Gasteiger partial charge is 0.506 e. The van der Waals surface area contributed by atoms with Crippen LogP contribution in [0.15, 0.2) is 18.2 Å². The van der Waals surface area contributed by atoms with Gasteiger partial charge in [0.05, 0.1) is 12.1 Å². The number of hydrogen-bond acceptors (Lipinski definition) is 5. The molecule has 7 nitrogen and oxygen atoms in total. The summed E-state index contributed by atoms with van der Waals surface area (Å²) in [7, 11) is 0. The lowest BCUT2D eigenvalue weighted by atomic mass is 10.1. The van der Waals surface area contributed by atoms with Gasteiger partial charge in [-0.05, 0) is 38.5 Å². The maximum atomic E-state index is 12.1. The number of primary amides is 1. The summed E-state index contributed by atoms with van der Waals surface area (Å²) in [5.41, 5.74) is 6.02. The first kappa shape index (κ1) is 17.9. The number of aromatic hydroxyl groups is 1. The Labute approximate surface area is 142 Å². The third-order valence-corrected chi connectivity index (χ3v) is 3.69. The zero-order valence-electron chi connectivity index (χ0n) is 14.4. The first-order valence-electron chi connectivity index (χ1n) is 7.99. The molecular formula is C17H25N3O4. The van der Waals surface area contributed by atoms with E-state index in [1.807, 2.05) is 25.7 Å². The number of hydrogen-bond donors (Lipinski definition) is 2. The third kappa shape index (κ3) is 4.78. The van der Waals surface area contributed by atoms with Gasteiger partial charge < -0.3 is 25.4 Å². The maximum absolute atomic E-state index is 12.1. The number of nitrogens with zero attached hydrogens (tertiary/aromatic N) is 2. The van der Waals surface area contributed by atoms with Crippen LogP contribution < -0.4 is 10.6 Å². The van der Waals surface area contributed by atoms with Crippen LogP contribution in [-0.2, 0) is 16.0 Å². The normalized spacial score (nSPS) is 15.3. The predicted octanol–water partition coefficient (Wildman–Crippen LogP) is 1.48. The van der Waals surface area contributed by atoms with Crippen molar-refractivity contribution in [2.24, 2.45) is 5.73 Å². The third-order valence-electron chi connectivity index (χ3n) is 3.69. The highest BCUT2D eigenvalue weighted by atomic mass is 16.6. The molecule has 0 atom stereocenters. The van der Waals surface area contributed by atoms with Crippen molar-refractivity contribution in [2.75, 3.05) is 31.1 Å². The van der Waals surface area contributed by atoms with E-state index in [1.165, 1.54) is 0 Å². The molecular weight excluding hydrogens is 310 g/mol. The number of amides is 2. The van der Waals surface area contributed by atoms with Crippen LogP contribution in [0.25, 0.3) is 0 Å². The molecule has 132 valence electrons. The number of anilines is 1. The number of phenolic OH excluding ortho intramolecular Hbond substituents is 1. The Morgan fingerprint density at radius 1 is 1.21 bits per heavy atom. The van der Waals surface area contributed by atoms with Crippen LogP contribution in [0.4, 0.5) is 10.5 Å². The quantitative estimate of drug-likeness (QED) is 0.872. The van der Waals surface area contributed by atoms with Gasteiger partial charge in [0.2, 0.25) is 5.91 Å². The zero-order chi connectivity index (χ0) is 17.9. The molecule has 0 aliphatic carbocycles. The van der Waals surface area contributed by atoms with Gasteiger partial charge >= 0.3 is 6.09 Å². The summed E-state index contributed by atoms with van der Waals surface area (Å²) in [6.45, 7) is 7.77. The minimum absolute atomic E-state index is 0.0975. The number of ether oxygens (including phenoxy) is 1. The smallest absolute Gasteiger partial charge is 0.410 e. The van der Waals surface area contributed by atoms with E-state index in [0.717, 1.165) is 0 Å². The van der Waals surface area contributed by atoms with Gasteiger partial charge in [-0.2, -0.15) is 0 Å². The van der Waals surface area contributed by atoms with Crippen molar-refractivity contribution in [3.05, 3.63) is 23.8 Å². The van der Waals surface area contributed by atoms with Crippen molar-refractivity contribution in [1.82, 2.24) is 4.90 Å². The fraction of sp³-hybridized carbons (Fsp3) is 0.529. The first-order valence-corrected chi connectivity index (χ1v) is 7.99. The van der Waals surface area contributed by atoms with Crippen molar-refractivity contribution in [3.63, 3.8) is 0 Å². The molecule has 2 rings (SSSR count). The van der Waals surface area contributed by atoms with Crippen LogP contribution >= 0.6 is 0 Å². The van der Waals surface area contributed by atoms with Crippen molar-refractivity contribution in [2.45, 2.75) is 32.8 Å². The Kier molecular flexibility index (Phi) is 5.21.